The van der Waals surface area contributed by atoms with Gasteiger partial charge in [0, 0.05) is 5.56 Å². The van der Waals surface area contributed by atoms with E-state index in [2.05, 4.69) is 9.72 Å². The van der Waals surface area contributed by atoms with Crippen molar-refractivity contribution in [2.75, 3.05) is 7.11 Å². The van der Waals surface area contributed by atoms with Gasteiger partial charge in [-0.2, -0.15) is 0 Å². The third kappa shape index (κ3) is 3.02. The molecule has 0 aliphatic rings. The van der Waals surface area contributed by atoms with E-state index >= 15 is 0 Å². The topological polar surface area (TPSA) is 39.2 Å². The van der Waals surface area contributed by atoms with Crippen molar-refractivity contribution in [3.05, 3.63) is 27.5 Å². The van der Waals surface area contributed by atoms with Crippen LogP contribution in [-0.4, -0.2) is 18.1 Å². The SMILES string of the molecule is COC(=O)Cc1cc(C(F)F)c(Cl)nc1Cl. The smallest absolute Gasteiger partial charge is 0.310 e. The molecule has 0 radical (unpaired) electrons. The van der Waals surface area contributed by atoms with E-state index in [1.54, 1.807) is 0 Å². The van der Waals surface area contributed by atoms with Crippen LogP contribution < -0.4 is 0 Å². The van der Waals surface area contributed by atoms with Crippen molar-refractivity contribution in [3.63, 3.8) is 0 Å². The zero-order chi connectivity index (χ0) is 12.3. The number of ether oxygens (including phenoxy) is 1. The molecule has 0 bridgehead atoms. The zero-order valence-electron chi connectivity index (χ0n) is 8.14. The molecule has 0 spiro atoms. The van der Waals surface area contributed by atoms with E-state index in [1.165, 1.54) is 7.11 Å². The Morgan fingerprint density at radius 2 is 2.12 bits per heavy atom. The van der Waals surface area contributed by atoms with Gasteiger partial charge in [-0.05, 0) is 6.07 Å². The number of hydrogen-bond donors (Lipinski definition) is 0. The van der Waals surface area contributed by atoms with Crippen LogP contribution in [0.1, 0.15) is 17.6 Å². The fourth-order valence-corrected chi connectivity index (χ4v) is 1.50. The Morgan fingerprint density at radius 1 is 1.50 bits per heavy atom. The molecule has 0 aromatic carbocycles. The minimum atomic E-state index is -2.77. The maximum Gasteiger partial charge on any atom is 0.310 e. The van der Waals surface area contributed by atoms with Crippen LogP contribution in [0.15, 0.2) is 6.07 Å². The van der Waals surface area contributed by atoms with Gasteiger partial charge in [-0.25, -0.2) is 13.8 Å². The standard InChI is InChI=1S/C9H7Cl2F2NO2/c1-16-6(15)3-4-2-5(9(12)13)8(11)14-7(4)10/h2,9H,3H2,1H3. The molecule has 0 unspecified atom stereocenters. The van der Waals surface area contributed by atoms with Gasteiger partial charge in [-0.1, -0.05) is 23.2 Å². The number of carbonyl (C=O) groups excluding carboxylic acids is 1. The monoisotopic (exact) mass is 269 g/mol. The van der Waals surface area contributed by atoms with Crippen molar-refractivity contribution < 1.29 is 18.3 Å². The molecule has 1 aromatic rings. The molecule has 3 nitrogen and oxygen atoms in total. The number of aromatic nitrogens is 1. The fourth-order valence-electron chi connectivity index (χ4n) is 1.03. The lowest BCUT2D eigenvalue weighted by atomic mass is 10.1. The summed E-state index contributed by atoms with van der Waals surface area (Å²) in [6.07, 6.45) is -2.99. The van der Waals surface area contributed by atoms with Gasteiger partial charge < -0.3 is 4.74 Å². The van der Waals surface area contributed by atoms with Gasteiger partial charge in [0.15, 0.2) is 0 Å². The molecule has 1 rings (SSSR count). The van der Waals surface area contributed by atoms with Crippen LogP contribution in [0.4, 0.5) is 8.78 Å². The maximum atomic E-state index is 12.5. The van der Waals surface area contributed by atoms with Crippen LogP contribution in [-0.2, 0) is 16.0 Å². The molecule has 0 N–H and O–H groups in total. The van der Waals surface area contributed by atoms with E-state index in [0.29, 0.717) is 0 Å². The molecule has 16 heavy (non-hydrogen) atoms. The predicted molar refractivity (Wildman–Crippen MR) is 54.9 cm³/mol. The van der Waals surface area contributed by atoms with Crippen LogP contribution >= 0.6 is 23.2 Å². The van der Waals surface area contributed by atoms with Crippen LogP contribution in [0.25, 0.3) is 0 Å². The third-order valence-electron chi connectivity index (χ3n) is 1.83. The van der Waals surface area contributed by atoms with Crippen molar-refractivity contribution in [3.8, 4) is 0 Å². The van der Waals surface area contributed by atoms with E-state index in [1.807, 2.05) is 0 Å². The molecule has 88 valence electrons. The number of methoxy groups -OCH3 is 1. The lowest BCUT2D eigenvalue weighted by Gasteiger charge is -2.07. The van der Waals surface area contributed by atoms with Crippen molar-refractivity contribution in [2.24, 2.45) is 0 Å². The minimum Gasteiger partial charge on any atom is -0.469 e. The number of carbonyl (C=O) groups is 1. The van der Waals surface area contributed by atoms with E-state index in [-0.39, 0.29) is 22.3 Å². The second-order valence-electron chi connectivity index (χ2n) is 2.87. The number of rotatable bonds is 3. The van der Waals surface area contributed by atoms with Crippen molar-refractivity contribution in [1.29, 1.82) is 0 Å². The molecular formula is C9H7Cl2F2NO2. The Morgan fingerprint density at radius 3 is 2.62 bits per heavy atom. The summed E-state index contributed by atoms with van der Waals surface area (Å²) in [4.78, 5) is 14.5. The highest BCUT2D eigenvalue weighted by Gasteiger charge is 2.18. The first kappa shape index (κ1) is 13.1. The molecule has 0 saturated carbocycles. The third-order valence-corrected chi connectivity index (χ3v) is 2.46. The summed E-state index contributed by atoms with van der Waals surface area (Å²) in [5.41, 5.74) is -0.293. The summed E-state index contributed by atoms with van der Waals surface area (Å²) >= 11 is 11.1. The average molecular weight is 270 g/mol. The normalized spacial score (nSPS) is 10.6. The predicted octanol–water partition coefficient (Wildman–Crippen LogP) is 3.04. The largest absolute Gasteiger partial charge is 0.469 e. The number of hydrogen-bond acceptors (Lipinski definition) is 3. The van der Waals surface area contributed by atoms with E-state index in [0.717, 1.165) is 6.07 Å². The summed E-state index contributed by atoms with van der Waals surface area (Å²) in [5, 5.41) is -0.451. The highest BCUT2D eigenvalue weighted by atomic mass is 35.5. The van der Waals surface area contributed by atoms with E-state index in [9.17, 15) is 13.6 Å². The molecule has 0 aliphatic heterocycles. The first-order valence-corrected chi connectivity index (χ1v) is 4.91. The highest BCUT2D eigenvalue weighted by molar-refractivity contribution is 6.33. The fraction of sp³-hybridized carbons (Fsp3) is 0.333. The molecule has 0 amide bonds. The zero-order valence-corrected chi connectivity index (χ0v) is 9.65. The number of pyridine rings is 1. The summed E-state index contributed by atoms with van der Waals surface area (Å²) in [5.74, 6) is -0.591. The van der Waals surface area contributed by atoms with Crippen LogP contribution in [0, 0.1) is 0 Å². The summed E-state index contributed by atoms with van der Waals surface area (Å²) in [7, 11) is 1.19. The lowest BCUT2D eigenvalue weighted by molar-refractivity contribution is -0.139. The van der Waals surface area contributed by atoms with Crippen molar-refractivity contribution in [1.82, 2.24) is 4.98 Å². The van der Waals surface area contributed by atoms with Gasteiger partial charge >= 0.3 is 5.97 Å². The second-order valence-corrected chi connectivity index (χ2v) is 3.59. The molecule has 1 aromatic heterocycles. The summed E-state index contributed by atoms with van der Waals surface area (Å²) < 4.78 is 29.3. The molecular weight excluding hydrogens is 263 g/mol. The van der Waals surface area contributed by atoms with Gasteiger partial charge in [-0.3, -0.25) is 4.79 Å². The molecule has 0 fully saturated rings. The Bertz CT molecular complexity index is 413. The van der Waals surface area contributed by atoms with Crippen LogP contribution in [0.5, 0.6) is 0 Å². The van der Waals surface area contributed by atoms with Crippen molar-refractivity contribution in [2.45, 2.75) is 12.8 Å². The Hall–Kier alpha value is -0.940. The first-order valence-electron chi connectivity index (χ1n) is 4.15. The number of nitrogens with zero attached hydrogens (tertiary/aromatic N) is 1. The Kier molecular flexibility index (Phi) is 4.44. The number of halogens is 4. The van der Waals surface area contributed by atoms with Gasteiger partial charge in [0.25, 0.3) is 6.43 Å². The van der Waals surface area contributed by atoms with Gasteiger partial charge in [-0.15, -0.1) is 0 Å². The molecule has 7 heteroatoms. The van der Waals surface area contributed by atoms with Gasteiger partial charge in [0.05, 0.1) is 19.1 Å². The maximum absolute atomic E-state index is 12.5. The quantitative estimate of drug-likeness (QED) is 0.626. The minimum absolute atomic E-state index is 0.0835. The van der Waals surface area contributed by atoms with Gasteiger partial charge in [0.2, 0.25) is 0 Å². The van der Waals surface area contributed by atoms with Crippen LogP contribution in [0.3, 0.4) is 0 Å². The lowest BCUT2D eigenvalue weighted by Crippen LogP contribution is -2.06. The molecule has 1 heterocycles. The van der Waals surface area contributed by atoms with E-state index < -0.39 is 18.0 Å². The van der Waals surface area contributed by atoms with Crippen molar-refractivity contribution >= 4 is 29.2 Å². The average Bonchev–Trinajstić information content (AvgIpc) is 2.21. The number of alkyl halides is 2. The molecule has 0 atom stereocenters. The Balaban J connectivity index is 3.09. The highest BCUT2D eigenvalue weighted by Crippen LogP contribution is 2.29. The summed E-state index contributed by atoms with van der Waals surface area (Å²) in [6.45, 7) is 0. The number of esters is 1. The van der Waals surface area contributed by atoms with Crippen LogP contribution in [0.2, 0.25) is 10.3 Å². The van der Waals surface area contributed by atoms with Gasteiger partial charge in [0.1, 0.15) is 10.3 Å². The first-order chi connectivity index (χ1) is 7.45. The van der Waals surface area contributed by atoms with E-state index in [4.69, 9.17) is 23.2 Å². The second kappa shape index (κ2) is 5.41. The molecule has 0 aliphatic carbocycles. The molecule has 0 saturated heterocycles. The Labute approximate surface area is 100 Å². The summed E-state index contributed by atoms with van der Waals surface area (Å²) in [6, 6.07) is 1.05.